The monoisotopic (exact) mass is 545 g/mol. The molecule has 2 atom stereocenters. The third-order valence-corrected chi connectivity index (χ3v) is 7.88. The molecule has 1 aliphatic carbocycles. The number of hydrogen-bond donors (Lipinski definition) is 0. The molecule has 0 aliphatic heterocycles. The van der Waals surface area contributed by atoms with E-state index >= 15 is 0 Å². The summed E-state index contributed by atoms with van der Waals surface area (Å²) in [6, 6.07) is 35.1. The minimum absolute atomic E-state index is 0.0113. The maximum absolute atomic E-state index is 6.39. The fourth-order valence-electron chi connectivity index (χ4n) is 5.59. The first-order chi connectivity index (χ1) is 20.6. The largest absolute Gasteiger partial charge is 0.455 e. The summed E-state index contributed by atoms with van der Waals surface area (Å²) in [4.78, 5) is 15.2. The highest BCUT2D eigenvalue weighted by Crippen LogP contribution is 2.39. The maximum Gasteiger partial charge on any atom is 0.154 e. The summed E-state index contributed by atoms with van der Waals surface area (Å²) in [5, 5.41) is 3.11. The van der Waals surface area contributed by atoms with Crippen LogP contribution in [-0.2, 0) is 0 Å². The van der Waals surface area contributed by atoms with Crippen LogP contribution in [0.5, 0.6) is 0 Å². The molecule has 0 amide bonds. The molecule has 4 nitrogen and oxygen atoms in total. The fourth-order valence-corrected chi connectivity index (χ4v) is 5.59. The zero-order chi connectivity index (χ0) is 28.5. The van der Waals surface area contributed by atoms with Crippen molar-refractivity contribution in [1.82, 2.24) is 4.98 Å². The van der Waals surface area contributed by atoms with E-state index in [1.807, 2.05) is 48.7 Å². The predicted molar refractivity (Wildman–Crippen MR) is 175 cm³/mol. The van der Waals surface area contributed by atoms with Crippen molar-refractivity contribution < 1.29 is 4.42 Å². The molecule has 2 aromatic heterocycles. The fraction of sp³-hybridized carbons (Fsp3) is 0.132. The Hall–Kier alpha value is -5.09. The van der Waals surface area contributed by atoms with Gasteiger partial charge in [0.2, 0.25) is 0 Å². The molecule has 1 aliphatic rings. The molecule has 0 spiro atoms. The van der Waals surface area contributed by atoms with Crippen molar-refractivity contribution in [1.29, 1.82) is 0 Å². The lowest BCUT2D eigenvalue weighted by atomic mass is 9.98. The van der Waals surface area contributed by atoms with Crippen molar-refractivity contribution in [2.45, 2.75) is 26.3 Å². The first-order valence-corrected chi connectivity index (χ1v) is 14.5. The van der Waals surface area contributed by atoms with Gasteiger partial charge in [-0.15, -0.1) is 0 Å². The van der Waals surface area contributed by atoms with Gasteiger partial charge in [-0.05, 0) is 54.7 Å². The van der Waals surface area contributed by atoms with Crippen LogP contribution < -0.4 is 0 Å². The van der Waals surface area contributed by atoms with Crippen molar-refractivity contribution in [3.05, 3.63) is 138 Å². The second-order valence-electron chi connectivity index (χ2n) is 10.9. The van der Waals surface area contributed by atoms with E-state index in [1.54, 1.807) is 0 Å². The zero-order valence-electron chi connectivity index (χ0n) is 23.7. The average molecular weight is 546 g/mol. The molecule has 0 radical (unpaired) electrons. The second kappa shape index (κ2) is 11.1. The molecule has 0 fully saturated rings. The van der Waals surface area contributed by atoms with Gasteiger partial charge in [0.05, 0.1) is 22.6 Å². The van der Waals surface area contributed by atoms with E-state index in [0.717, 1.165) is 67.5 Å². The molecule has 4 aromatic carbocycles. The van der Waals surface area contributed by atoms with Crippen LogP contribution in [0, 0.1) is 5.92 Å². The Balaban J connectivity index is 1.31. The van der Waals surface area contributed by atoms with E-state index in [9.17, 15) is 0 Å². The summed E-state index contributed by atoms with van der Waals surface area (Å²) in [5.74, 6) is 1.26. The number of pyridine rings is 1. The van der Waals surface area contributed by atoms with E-state index in [0.29, 0.717) is 5.92 Å². The van der Waals surface area contributed by atoms with Crippen LogP contribution in [0.2, 0.25) is 0 Å². The van der Waals surface area contributed by atoms with Gasteiger partial charge in [-0.1, -0.05) is 104 Å². The molecule has 204 valence electrons. The summed E-state index contributed by atoms with van der Waals surface area (Å²) in [7, 11) is 0. The van der Waals surface area contributed by atoms with Gasteiger partial charge in [-0.25, -0.2) is 9.98 Å². The van der Waals surface area contributed by atoms with Crippen LogP contribution >= 0.6 is 0 Å². The van der Waals surface area contributed by atoms with Crippen molar-refractivity contribution in [2.75, 3.05) is 0 Å². The Morgan fingerprint density at radius 3 is 2.52 bits per heavy atom. The van der Waals surface area contributed by atoms with Crippen LogP contribution in [0.25, 0.3) is 44.1 Å². The number of aromatic nitrogens is 1. The Bertz CT molecular complexity index is 2050. The smallest absolute Gasteiger partial charge is 0.154 e. The SMILES string of the molecule is CC1C=CC(C(N=Cc2cccc(-c3nc4ccccc4c4oc5ccccc5c34)c2)=NC(C)c2ccccc2)=CC1. The van der Waals surface area contributed by atoms with Crippen molar-refractivity contribution in [2.24, 2.45) is 15.9 Å². The van der Waals surface area contributed by atoms with Crippen LogP contribution in [-0.4, -0.2) is 17.0 Å². The van der Waals surface area contributed by atoms with Gasteiger partial charge in [0, 0.05) is 28.1 Å². The van der Waals surface area contributed by atoms with Crippen LogP contribution in [0.15, 0.2) is 141 Å². The third kappa shape index (κ3) is 4.97. The Kier molecular flexibility index (Phi) is 6.81. The molecule has 4 heteroatoms. The molecule has 0 saturated heterocycles. The first-order valence-electron chi connectivity index (χ1n) is 14.5. The lowest BCUT2D eigenvalue weighted by molar-refractivity contribution is 0.672. The van der Waals surface area contributed by atoms with Gasteiger partial charge in [0.25, 0.3) is 0 Å². The molecular weight excluding hydrogens is 514 g/mol. The molecule has 42 heavy (non-hydrogen) atoms. The standard InChI is InChI=1S/C38H31N3O/c1-25-19-21-29(22-20-25)38(40-26(2)28-12-4-3-5-13-28)39-24-27-11-10-14-30(23-27)36-35-32-16-7-9-18-34(32)42-37(35)31-15-6-8-17-33(31)41-36/h3-19,21-26H,20H2,1-2H3. The molecule has 7 rings (SSSR count). The Morgan fingerprint density at radius 2 is 1.69 bits per heavy atom. The maximum atomic E-state index is 6.39. The summed E-state index contributed by atoms with van der Waals surface area (Å²) in [5.41, 5.74) is 7.77. The lowest BCUT2D eigenvalue weighted by Gasteiger charge is -2.14. The number of allylic oxidation sites excluding steroid dienone is 2. The average Bonchev–Trinajstić information content (AvgIpc) is 3.44. The summed E-state index contributed by atoms with van der Waals surface area (Å²) in [6.07, 6.45) is 9.53. The van der Waals surface area contributed by atoms with E-state index in [4.69, 9.17) is 19.4 Å². The number of amidine groups is 1. The van der Waals surface area contributed by atoms with Crippen LogP contribution in [0.3, 0.4) is 0 Å². The van der Waals surface area contributed by atoms with Gasteiger partial charge >= 0.3 is 0 Å². The number of aliphatic imine (C=N–C) groups is 2. The minimum Gasteiger partial charge on any atom is -0.455 e. The molecular formula is C38H31N3O. The number of furan rings is 1. The van der Waals surface area contributed by atoms with E-state index < -0.39 is 0 Å². The third-order valence-electron chi connectivity index (χ3n) is 7.88. The van der Waals surface area contributed by atoms with Gasteiger partial charge in [0.1, 0.15) is 11.2 Å². The highest BCUT2D eigenvalue weighted by atomic mass is 16.3. The highest BCUT2D eigenvalue weighted by molar-refractivity contribution is 6.19. The second-order valence-corrected chi connectivity index (χ2v) is 10.9. The summed E-state index contributed by atoms with van der Waals surface area (Å²) in [6.45, 7) is 4.34. The van der Waals surface area contributed by atoms with Crippen molar-refractivity contribution in [3.63, 3.8) is 0 Å². The summed E-state index contributed by atoms with van der Waals surface area (Å²) < 4.78 is 6.39. The van der Waals surface area contributed by atoms with Gasteiger partial charge < -0.3 is 4.42 Å². The quantitative estimate of drug-likeness (QED) is 0.160. The predicted octanol–water partition coefficient (Wildman–Crippen LogP) is 9.90. The van der Waals surface area contributed by atoms with E-state index in [2.05, 4.69) is 92.7 Å². The first kappa shape index (κ1) is 25.8. The van der Waals surface area contributed by atoms with Gasteiger partial charge in [-0.2, -0.15) is 0 Å². The number of para-hydroxylation sites is 2. The topological polar surface area (TPSA) is 50.8 Å². The minimum atomic E-state index is -0.0113. The lowest BCUT2D eigenvalue weighted by Crippen LogP contribution is -2.06. The van der Waals surface area contributed by atoms with Crippen molar-refractivity contribution >= 4 is 44.9 Å². The van der Waals surface area contributed by atoms with Crippen LogP contribution in [0.4, 0.5) is 0 Å². The Labute approximate surface area is 245 Å². The molecule has 0 N–H and O–H groups in total. The normalized spacial score (nSPS) is 16.5. The Morgan fingerprint density at radius 1 is 0.905 bits per heavy atom. The molecule has 2 unspecified atom stereocenters. The number of nitrogens with zero attached hydrogens (tertiary/aromatic N) is 3. The van der Waals surface area contributed by atoms with Gasteiger partial charge in [-0.3, -0.25) is 4.99 Å². The molecule has 0 bridgehead atoms. The number of benzene rings is 4. The summed E-state index contributed by atoms with van der Waals surface area (Å²) >= 11 is 0. The number of hydrogen-bond acceptors (Lipinski definition) is 3. The molecule has 2 heterocycles. The highest BCUT2D eigenvalue weighted by Gasteiger charge is 2.18. The van der Waals surface area contributed by atoms with Gasteiger partial charge in [0.15, 0.2) is 5.84 Å². The van der Waals surface area contributed by atoms with E-state index in [1.165, 1.54) is 5.56 Å². The van der Waals surface area contributed by atoms with E-state index in [-0.39, 0.29) is 6.04 Å². The zero-order valence-corrected chi connectivity index (χ0v) is 23.7. The molecule has 6 aromatic rings. The van der Waals surface area contributed by atoms with Crippen LogP contribution in [0.1, 0.15) is 37.4 Å². The van der Waals surface area contributed by atoms with Crippen molar-refractivity contribution in [3.8, 4) is 11.3 Å². The molecule has 0 saturated carbocycles. The number of fused-ring (bicyclic) bond motifs is 5. The number of rotatable bonds is 5.